The van der Waals surface area contributed by atoms with E-state index in [-0.39, 0.29) is 23.1 Å². The van der Waals surface area contributed by atoms with E-state index in [1.165, 1.54) is 37.3 Å². The number of allylic oxidation sites excluding steroid dienone is 1. The standard InChI is InChI=1S/C20H18F6/c1-12(2)17-9-5-7-15(18(17)20(24,25)26)10-13(3)14-6-4-8-16(11-14)19(21,22)23/h4-9,11,13H,1,10H2,2-3H3. The first kappa shape index (κ1) is 20.1. The molecule has 0 aliphatic heterocycles. The third-order valence-corrected chi connectivity index (χ3v) is 4.20. The summed E-state index contributed by atoms with van der Waals surface area (Å²) < 4.78 is 79.2. The van der Waals surface area contributed by atoms with Crippen LogP contribution in [0.15, 0.2) is 49.0 Å². The third kappa shape index (κ3) is 4.48. The van der Waals surface area contributed by atoms with Crippen molar-refractivity contribution in [2.45, 2.75) is 38.5 Å². The zero-order valence-electron chi connectivity index (χ0n) is 14.3. The van der Waals surface area contributed by atoms with E-state index in [0.29, 0.717) is 5.56 Å². The molecule has 0 heterocycles. The highest BCUT2D eigenvalue weighted by Gasteiger charge is 2.36. The van der Waals surface area contributed by atoms with E-state index in [1.54, 1.807) is 6.92 Å². The van der Waals surface area contributed by atoms with Crippen LogP contribution >= 0.6 is 0 Å². The van der Waals surface area contributed by atoms with Crippen LogP contribution in [0.2, 0.25) is 0 Å². The van der Waals surface area contributed by atoms with Gasteiger partial charge in [0.25, 0.3) is 0 Å². The normalized spacial score (nSPS) is 13.5. The minimum absolute atomic E-state index is 0.00578. The van der Waals surface area contributed by atoms with Gasteiger partial charge in [-0.2, -0.15) is 26.3 Å². The molecule has 2 aromatic rings. The van der Waals surface area contributed by atoms with Gasteiger partial charge in [0.1, 0.15) is 0 Å². The smallest absolute Gasteiger partial charge is 0.166 e. The lowest BCUT2D eigenvalue weighted by Gasteiger charge is -2.20. The van der Waals surface area contributed by atoms with Gasteiger partial charge in [-0.25, -0.2) is 0 Å². The largest absolute Gasteiger partial charge is 0.417 e. The molecule has 6 heteroatoms. The fourth-order valence-electron chi connectivity index (χ4n) is 2.93. The van der Waals surface area contributed by atoms with Gasteiger partial charge in [-0.3, -0.25) is 0 Å². The molecular formula is C20H18F6. The van der Waals surface area contributed by atoms with Gasteiger partial charge >= 0.3 is 12.4 Å². The Balaban J connectivity index is 2.43. The van der Waals surface area contributed by atoms with Crippen molar-refractivity contribution in [2.24, 2.45) is 0 Å². The van der Waals surface area contributed by atoms with Crippen LogP contribution in [0.3, 0.4) is 0 Å². The van der Waals surface area contributed by atoms with Gasteiger partial charge in [-0.1, -0.05) is 55.5 Å². The number of hydrogen-bond acceptors (Lipinski definition) is 0. The Bertz CT molecular complexity index is 799. The molecule has 0 aliphatic carbocycles. The molecule has 2 rings (SSSR count). The van der Waals surface area contributed by atoms with Crippen LogP contribution in [0.1, 0.15) is 47.6 Å². The molecule has 0 nitrogen and oxygen atoms in total. The van der Waals surface area contributed by atoms with Crippen molar-refractivity contribution >= 4 is 5.57 Å². The minimum Gasteiger partial charge on any atom is -0.166 e. The van der Waals surface area contributed by atoms with Gasteiger partial charge in [0, 0.05) is 0 Å². The highest BCUT2D eigenvalue weighted by atomic mass is 19.4. The van der Waals surface area contributed by atoms with Crippen molar-refractivity contribution in [3.8, 4) is 0 Å². The quantitative estimate of drug-likeness (QED) is 0.502. The molecule has 0 bridgehead atoms. The predicted molar refractivity (Wildman–Crippen MR) is 89.7 cm³/mol. The summed E-state index contributed by atoms with van der Waals surface area (Å²) in [4.78, 5) is 0. The number of rotatable bonds is 4. The van der Waals surface area contributed by atoms with Crippen LogP contribution in [-0.4, -0.2) is 0 Å². The number of alkyl halides is 6. The average molecular weight is 372 g/mol. The molecule has 0 spiro atoms. The Morgan fingerprint density at radius 2 is 1.58 bits per heavy atom. The minimum atomic E-state index is -4.57. The first-order valence-corrected chi connectivity index (χ1v) is 7.93. The second kappa shape index (κ2) is 7.17. The van der Waals surface area contributed by atoms with E-state index < -0.39 is 29.4 Å². The van der Waals surface area contributed by atoms with E-state index >= 15 is 0 Å². The number of hydrogen-bond donors (Lipinski definition) is 0. The highest BCUT2D eigenvalue weighted by Crippen LogP contribution is 2.39. The molecule has 1 unspecified atom stereocenters. The van der Waals surface area contributed by atoms with Gasteiger partial charge in [0.2, 0.25) is 0 Å². The summed E-state index contributed by atoms with van der Waals surface area (Å²) >= 11 is 0. The van der Waals surface area contributed by atoms with E-state index in [1.807, 2.05) is 0 Å². The average Bonchev–Trinajstić information content (AvgIpc) is 2.52. The van der Waals surface area contributed by atoms with E-state index in [9.17, 15) is 26.3 Å². The van der Waals surface area contributed by atoms with E-state index in [2.05, 4.69) is 6.58 Å². The van der Waals surface area contributed by atoms with Crippen molar-refractivity contribution in [3.05, 3.63) is 76.9 Å². The molecule has 0 fully saturated rings. The topological polar surface area (TPSA) is 0 Å². The number of halogens is 6. The van der Waals surface area contributed by atoms with Gasteiger partial charge in [-0.05, 0) is 42.0 Å². The van der Waals surface area contributed by atoms with Crippen LogP contribution in [0, 0.1) is 0 Å². The molecule has 1 atom stereocenters. The van der Waals surface area contributed by atoms with Gasteiger partial charge in [0.15, 0.2) is 0 Å². The zero-order valence-corrected chi connectivity index (χ0v) is 14.3. The Morgan fingerprint density at radius 3 is 2.12 bits per heavy atom. The fourth-order valence-corrected chi connectivity index (χ4v) is 2.93. The summed E-state index contributed by atoms with van der Waals surface area (Å²) in [5.74, 6) is -0.515. The molecule has 0 aromatic heterocycles. The summed E-state index contributed by atoms with van der Waals surface area (Å²) in [6.07, 6.45) is -9.09. The molecule has 0 aliphatic rings. The van der Waals surface area contributed by atoms with Crippen LogP contribution in [0.4, 0.5) is 26.3 Å². The first-order chi connectivity index (χ1) is 11.9. The SMILES string of the molecule is C=C(C)c1cccc(CC(C)c2cccc(C(F)(F)F)c2)c1C(F)(F)F. The van der Waals surface area contributed by atoms with Gasteiger partial charge < -0.3 is 0 Å². The lowest BCUT2D eigenvalue weighted by Crippen LogP contribution is -2.14. The van der Waals surface area contributed by atoms with Gasteiger partial charge in [-0.15, -0.1) is 0 Å². The van der Waals surface area contributed by atoms with Crippen molar-refractivity contribution in [3.63, 3.8) is 0 Å². The van der Waals surface area contributed by atoms with Gasteiger partial charge in [0.05, 0.1) is 11.1 Å². The predicted octanol–water partition coefficient (Wildman–Crippen LogP) is 7.10. The van der Waals surface area contributed by atoms with Crippen molar-refractivity contribution in [1.29, 1.82) is 0 Å². The maximum Gasteiger partial charge on any atom is 0.417 e. The van der Waals surface area contributed by atoms with Crippen molar-refractivity contribution in [2.75, 3.05) is 0 Å². The van der Waals surface area contributed by atoms with Crippen LogP contribution in [0.25, 0.3) is 5.57 Å². The van der Waals surface area contributed by atoms with Crippen molar-refractivity contribution in [1.82, 2.24) is 0 Å². The maximum atomic E-state index is 13.6. The fraction of sp³-hybridized carbons (Fsp3) is 0.300. The lowest BCUT2D eigenvalue weighted by molar-refractivity contribution is -0.138. The molecule has 2 aromatic carbocycles. The first-order valence-electron chi connectivity index (χ1n) is 7.93. The molecule has 0 saturated carbocycles. The Morgan fingerprint density at radius 1 is 0.962 bits per heavy atom. The maximum absolute atomic E-state index is 13.6. The summed E-state index contributed by atoms with van der Waals surface area (Å²) in [5, 5.41) is 0. The molecule has 26 heavy (non-hydrogen) atoms. The summed E-state index contributed by atoms with van der Waals surface area (Å²) in [7, 11) is 0. The van der Waals surface area contributed by atoms with Crippen LogP contribution < -0.4 is 0 Å². The van der Waals surface area contributed by atoms with Crippen molar-refractivity contribution < 1.29 is 26.3 Å². The summed E-state index contributed by atoms with van der Waals surface area (Å²) in [6, 6.07) is 8.91. The zero-order chi connectivity index (χ0) is 19.7. The molecule has 140 valence electrons. The third-order valence-electron chi connectivity index (χ3n) is 4.20. The second-order valence-corrected chi connectivity index (χ2v) is 6.35. The lowest BCUT2D eigenvalue weighted by atomic mass is 9.87. The Hall–Kier alpha value is -2.24. The molecular weight excluding hydrogens is 354 g/mol. The summed E-state index contributed by atoms with van der Waals surface area (Å²) in [5.41, 5.74) is -0.909. The highest BCUT2D eigenvalue weighted by molar-refractivity contribution is 5.66. The van der Waals surface area contributed by atoms with E-state index in [0.717, 1.165) is 12.1 Å². The van der Waals surface area contributed by atoms with Crippen LogP contribution in [-0.2, 0) is 18.8 Å². The monoisotopic (exact) mass is 372 g/mol. The molecule has 0 amide bonds. The Kier molecular flexibility index (Phi) is 5.54. The number of benzene rings is 2. The second-order valence-electron chi connectivity index (χ2n) is 6.35. The van der Waals surface area contributed by atoms with Crippen LogP contribution in [0.5, 0.6) is 0 Å². The summed E-state index contributed by atoms with van der Waals surface area (Å²) in [6.45, 7) is 6.70. The van der Waals surface area contributed by atoms with E-state index in [4.69, 9.17) is 0 Å². The Labute approximate surface area is 148 Å². The molecule has 0 saturated heterocycles. The molecule has 0 N–H and O–H groups in total. The molecule has 0 radical (unpaired) electrons.